The standard InChI is InChI=1S/3C4H10O.Fe/c3*1-4(2)3-5;/h3*4-5H,3H2,1-2H3;. The zero-order valence-electron chi connectivity index (χ0n) is 11.5. The molecule has 0 spiro atoms. The van der Waals surface area contributed by atoms with Crippen molar-refractivity contribution in [2.24, 2.45) is 17.8 Å². The smallest absolute Gasteiger partial charge is 0.0453 e. The van der Waals surface area contributed by atoms with Crippen LogP contribution in [0.5, 0.6) is 0 Å². The summed E-state index contributed by atoms with van der Waals surface area (Å²) in [6.45, 7) is 12.7. The van der Waals surface area contributed by atoms with Crippen molar-refractivity contribution in [1.29, 1.82) is 0 Å². The van der Waals surface area contributed by atoms with Crippen LogP contribution in [0, 0.1) is 17.8 Å². The summed E-state index contributed by atoms with van der Waals surface area (Å²) in [6, 6.07) is 0. The van der Waals surface area contributed by atoms with E-state index in [4.69, 9.17) is 15.3 Å². The normalized spacial score (nSPS) is 9.00. The van der Waals surface area contributed by atoms with Crippen LogP contribution in [0.25, 0.3) is 0 Å². The van der Waals surface area contributed by atoms with Crippen LogP contribution in [0.15, 0.2) is 0 Å². The summed E-state index contributed by atoms with van der Waals surface area (Å²) in [7, 11) is 0. The van der Waals surface area contributed by atoms with E-state index in [0.29, 0.717) is 37.6 Å². The topological polar surface area (TPSA) is 60.7 Å². The Bertz CT molecular complexity index is 77.2. The SMILES string of the molecule is CC(C)CO.CC(C)CO.CC(C)CO.[Fe]. The van der Waals surface area contributed by atoms with Crippen molar-refractivity contribution >= 4 is 0 Å². The molecule has 0 fully saturated rings. The first-order valence-electron chi connectivity index (χ1n) is 5.64. The molecule has 0 atom stereocenters. The van der Waals surface area contributed by atoms with Crippen LogP contribution in [0.3, 0.4) is 0 Å². The molecule has 0 aliphatic rings. The second kappa shape index (κ2) is 20.8. The van der Waals surface area contributed by atoms with Gasteiger partial charge in [-0.3, -0.25) is 0 Å². The molecular weight excluding hydrogens is 248 g/mol. The maximum Gasteiger partial charge on any atom is 0.0453 e. The summed E-state index contributed by atoms with van der Waals surface area (Å²) in [6.07, 6.45) is 0. The van der Waals surface area contributed by atoms with Gasteiger partial charge in [0.15, 0.2) is 0 Å². The van der Waals surface area contributed by atoms with Gasteiger partial charge in [-0.1, -0.05) is 41.5 Å². The van der Waals surface area contributed by atoms with E-state index in [1.807, 2.05) is 41.5 Å². The van der Waals surface area contributed by atoms with Gasteiger partial charge in [-0.05, 0) is 17.8 Å². The maximum atomic E-state index is 8.14. The predicted molar refractivity (Wildman–Crippen MR) is 65.8 cm³/mol. The van der Waals surface area contributed by atoms with E-state index < -0.39 is 0 Å². The van der Waals surface area contributed by atoms with Gasteiger partial charge in [-0.2, -0.15) is 0 Å². The summed E-state index contributed by atoms with van der Waals surface area (Å²) in [5.74, 6) is 1.32. The summed E-state index contributed by atoms with van der Waals surface area (Å²) in [5, 5.41) is 24.4. The second-order valence-electron chi connectivity index (χ2n) is 4.73. The molecule has 0 heterocycles. The second-order valence-corrected chi connectivity index (χ2v) is 4.73. The molecule has 3 nitrogen and oxygen atoms in total. The molecule has 0 saturated heterocycles. The zero-order chi connectivity index (χ0) is 12.9. The third-order valence-corrected chi connectivity index (χ3v) is 1.10. The molecule has 104 valence electrons. The Hall–Kier alpha value is 0.399. The van der Waals surface area contributed by atoms with Gasteiger partial charge in [0, 0.05) is 36.9 Å². The number of hydrogen-bond acceptors (Lipinski definition) is 3. The Balaban J connectivity index is -0.0000000655. The molecule has 0 aromatic rings. The minimum absolute atomic E-state index is 0. The molecule has 3 N–H and O–H groups in total. The van der Waals surface area contributed by atoms with Crippen molar-refractivity contribution in [2.45, 2.75) is 41.5 Å². The molecule has 0 radical (unpaired) electrons. The van der Waals surface area contributed by atoms with Gasteiger partial charge in [-0.15, -0.1) is 0 Å². The van der Waals surface area contributed by atoms with Crippen molar-refractivity contribution in [3.05, 3.63) is 0 Å². The fraction of sp³-hybridized carbons (Fsp3) is 1.00. The molecule has 0 aliphatic carbocycles. The Labute approximate surface area is 112 Å². The van der Waals surface area contributed by atoms with Gasteiger partial charge in [0.2, 0.25) is 0 Å². The van der Waals surface area contributed by atoms with Gasteiger partial charge < -0.3 is 15.3 Å². The Morgan fingerprint density at radius 2 is 0.625 bits per heavy atom. The van der Waals surface area contributed by atoms with Crippen molar-refractivity contribution < 1.29 is 32.4 Å². The molecule has 0 amide bonds. The van der Waals surface area contributed by atoms with E-state index in [-0.39, 0.29) is 17.1 Å². The molecule has 0 aromatic heterocycles. The summed E-state index contributed by atoms with van der Waals surface area (Å²) < 4.78 is 0. The number of aliphatic hydroxyl groups excluding tert-OH is 3. The first-order valence-corrected chi connectivity index (χ1v) is 5.64. The van der Waals surface area contributed by atoms with Gasteiger partial charge in [0.1, 0.15) is 0 Å². The van der Waals surface area contributed by atoms with Crippen LogP contribution in [-0.2, 0) is 17.1 Å². The minimum atomic E-state index is 0. The van der Waals surface area contributed by atoms with Crippen LogP contribution in [-0.4, -0.2) is 35.1 Å². The number of aliphatic hydroxyl groups is 3. The fourth-order valence-electron chi connectivity index (χ4n) is 0. The van der Waals surface area contributed by atoms with Gasteiger partial charge in [0.05, 0.1) is 0 Å². The van der Waals surface area contributed by atoms with Gasteiger partial charge in [-0.25, -0.2) is 0 Å². The zero-order valence-corrected chi connectivity index (χ0v) is 12.7. The van der Waals surface area contributed by atoms with E-state index in [1.54, 1.807) is 0 Å². The first-order chi connectivity index (χ1) is 6.81. The van der Waals surface area contributed by atoms with Crippen molar-refractivity contribution in [3.8, 4) is 0 Å². The van der Waals surface area contributed by atoms with E-state index >= 15 is 0 Å². The average Bonchev–Trinajstić information content (AvgIpc) is 2.19. The molecule has 0 aliphatic heterocycles. The fourth-order valence-corrected chi connectivity index (χ4v) is 0. The molecule has 0 rings (SSSR count). The largest absolute Gasteiger partial charge is 0.396 e. The van der Waals surface area contributed by atoms with E-state index in [1.165, 1.54) is 0 Å². The molecule has 0 saturated carbocycles. The Morgan fingerprint density at radius 1 is 0.562 bits per heavy atom. The first kappa shape index (κ1) is 25.3. The number of rotatable bonds is 3. The van der Waals surface area contributed by atoms with Crippen LogP contribution >= 0.6 is 0 Å². The average molecular weight is 278 g/mol. The van der Waals surface area contributed by atoms with E-state index in [9.17, 15) is 0 Å². The van der Waals surface area contributed by atoms with Crippen molar-refractivity contribution in [3.63, 3.8) is 0 Å². The molecule has 4 heteroatoms. The van der Waals surface area contributed by atoms with Gasteiger partial charge in [0.25, 0.3) is 0 Å². The molecule has 0 unspecified atom stereocenters. The molecular formula is C12H30FeO3. The molecule has 16 heavy (non-hydrogen) atoms. The molecule has 0 aromatic carbocycles. The third kappa shape index (κ3) is 63.1. The van der Waals surface area contributed by atoms with Crippen LogP contribution in [0.2, 0.25) is 0 Å². The van der Waals surface area contributed by atoms with Crippen LogP contribution in [0.1, 0.15) is 41.5 Å². The van der Waals surface area contributed by atoms with Crippen LogP contribution < -0.4 is 0 Å². The van der Waals surface area contributed by atoms with E-state index in [2.05, 4.69) is 0 Å². The summed E-state index contributed by atoms with van der Waals surface area (Å²) >= 11 is 0. The predicted octanol–water partition coefficient (Wildman–Crippen LogP) is 1.90. The number of hydrogen-bond donors (Lipinski definition) is 3. The van der Waals surface area contributed by atoms with Gasteiger partial charge >= 0.3 is 0 Å². The molecule has 0 bridgehead atoms. The third-order valence-electron chi connectivity index (χ3n) is 1.10. The quantitative estimate of drug-likeness (QED) is 0.691. The monoisotopic (exact) mass is 278 g/mol. The van der Waals surface area contributed by atoms with Crippen molar-refractivity contribution in [2.75, 3.05) is 19.8 Å². The minimum Gasteiger partial charge on any atom is -0.396 e. The Kier molecular flexibility index (Phi) is 32.8. The van der Waals surface area contributed by atoms with E-state index in [0.717, 1.165) is 0 Å². The summed E-state index contributed by atoms with van der Waals surface area (Å²) in [4.78, 5) is 0. The summed E-state index contributed by atoms with van der Waals surface area (Å²) in [5.41, 5.74) is 0. The maximum absolute atomic E-state index is 8.14. The van der Waals surface area contributed by atoms with Crippen molar-refractivity contribution in [1.82, 2.24) is 0 Å². The van der Waals surface area contributed by atoms with Crippen LogP contribution in [0.4, 0.5) is 0 Å². The Morgan fingerprint density at radius 3 is 0.625 bits per heavy atom.